The highest BCUT2D eigenvalue weighted by molar-refractivity contribution is 5.97. The van der Waals surface area contributed by atoms with E-state index in [0.717, 1.165) is 39.0 Å². The normalized spacial score (nSPS) is 20.3. The van der Waals surface area contributed by atoms with Crippen molar-refractivity contribution in [3.8, 4) is 0 Å². The Morgan fingerprint density at radius 3 is 2.93 bits per heavy atom. The number of aromatic nitrogens is 1. The van der Waals surface area contributed by atoms with Gasteiger partial charge in [-0.1, -0.05) is 12.1 Å². The van der Waals surface area contributed by atoms with E-state index in [2.05, 4.69) is 33.0 Å². The molecule has 0 amide bonds. The minimum absolute atomic E-state index is 0.102. The van der Waals surface area contributed by atoms with Crippen LogP contribution < -0.4 is 4.90 Å². The molecule has 3 heterocycles. The number of anilines is 1. The van der Waals surface area contributed by atoms with E-state index in [4.69, 9.17) is 4.74 Å². The van der Waals surface area contributed by atoms with Gasteiger partial charge in [-0.05, 0) is 45.2 Å². The number of ether oxygens (including phenoxy) is 1. The van der Waals surface area contributed by atoms with E-state index in [1.54, 1.807) is 0 Å². The quantitative estimate of drug-likeness (QED) is 0.775. The zero-order chi connectivity index (χ0) is 19.0. The van der Waals surface area contributed by atoms with Crippen LogP contribution in [-0.2, 0) is 16.0 Å². The predicted octanol–water partition coefficient (Wildman–Crippen LogP) is 3.40. The number of carbonyl (C=O) groups excluding carboxylic acids is 1. The second-order valence-electron chi connectivity index (χ2n) is 8.70. The maximum atomic E-state index is 12.0. The number of esters is 1. The molecule has 1 saturated heterocycles. The van der Waals surface area contributed by atoms with E-state index in [-0.39, 0.29) is 5.97 Å². The lowest BCUT2D eigenvalue weighted by Gasteiger charge is -2.36. The summed E-state index contributed by atoms with van der Waals surface area (Å²) in [6, 6.07) is 7.04. The first-order valence-corrected chi connectivity index (χ1v) is 9.97. The van der Waals surface area contributed by atoms with Crippen molar-refractivity contribution in [2.45, 2.75) is 51.7 Å². The number of rotatable bonds is 4. The van der Waals surface area contributed by atoms with E-state index in [0.29, 0.717) is 12.5 Å². The third kappa shape index (κ3) is 3.93. The van der Waals surface area contributed by atoms with Crippen LogP contribution in [0, 0.1) is 0 Å². The fraction of sp³-hybridized carbons (Fsp3) is 0.545. The standard InChI is InChI=1S/C22H29N3O2/c1-22(2,3)27-20(26)9-11-24-10-8-18(15-24)25-12-7-17-14-23-13-16-5-4-6-19(25)21(16)17/h4-6,13-14,18H,7-12,15H2,1-3H3. The lowest BCUT2D eigenvalue weighted by atomic mass is 9.97. The van der Waals surface area contributed by atoms with Crippen LogP contribution in [0.3, 0.4) is 0 Å². The van der Waals surface area contributed by atoms with Crippen molar-refractivity contribution in [2.75, 3.05) is 31.1 Å². The fourth-order valence-corrected chi connectivity index (χ4v) is 4.37. The molecule has 27 heavy (non-hydrogen) atoms. The van der Waals surface area contributed by atoms with E-state index in [1.807, 2.05) is 33.2 Å². The lowest BCUT2D eigenvalue weighted by molar-refractivity contribution is -0.155. The number of hydrogen-bond donors (Lipinski definition) is 0. The Labute approximate surface area is 161 Å². The van der Waals surface area contributed by atoms with Gasteiger partial charge in [-0.3, -0.25) is 9.78 Å². The van der Waals surface area contributed by atoms with Gasteiger partial charge < -0.3 is 14.5 Å². The molecule has 1 aromatic heterocycles. The molecule has 5 heteroatoms. The summed E-state index contributed by atoms with van der Waals surface area (Å²) in [5.74, 6) is -0.102. The van der Waals surface area contributed by atoms with Crippen LogP contribution in [0.4, 0.5) is 5.69 Å². The monoisotopic (exact) mass is 367 g/mol. The number of carbonyl (C=O) groups is 1. The van der Waals surface area contributed by atoms with Crippen LogP contribution >= 0.6 is 0 Å². The summed E-state index contributed by atoms with van der Waals surface area (Å²) in [5.41, 5.74) is 2.30. The van der Waals surface area contributed by atoms with Crippen LogP contribution in [0.5, 0.6) is 0 Å². The zero-order valence-electron chi connectivity index (χ0n) is 16.6. The first kappa shape index (κ1) is 18.2. The van der Waals surface area contributed by atoms with Crippen molar-refractivity contribution in [1.29, 1.82) is 0 Å². The Hall–Kier alpha value is -2.14. The lowest BCUT2D eigenvalue weighted by Crippen LogP contribution is -2.41. The van der Waals surface area contributed by atoms with Gasteiger partial charge in [-0.25, -0.2) is 0 Å². The van der Waals surface area contributed by atoms with Gasteiger partial charge in [0, 0.05) is 61.1 Å². The minimum Gasteiger partial charge on any atom is -0.460 e. The molecule has 5 nitrogen and oxygen atoms in total. The summed E-state index contributed by atoms with van der Waals surface area (Å²) in [6.07, 6.45) is 6.65. The number of nitrogens with zero attached hydrogens (tertiary/aromatic N) is 3. The van der Waals surface area contributed by atoms with Crippen LogP contribution in [0.25, 0.3) is 10.8 Å². The van der Waals surface area contributed by atoms with Crippen molar-refractivity contribution in [3.63, 3.8) is 0 Å². The summed E-state index contributed by atoms with van der Waals surface area (Å²) >= 11 is 0. The number of pyridine rings is 1. The van der Waals surface area contributed by atoms with E-state index in [9.17, 15) is 4.79 Å². The molecule has 2 aliphatic heterocycles. The van der Waals surface area contributed by atoms with Crippen LogP contribution in [0.2, 0.25) is 0 Å². The topological polar surface area (TPSA) is 45.7 Å². The number of likely N-dealkylation sites (tertiary alicyclic amines) is 1. The number of benzene rings is 1. The molecule has 0 radical (unpaired) electrons. The molecular weight excluding hydrogens is 338 g/mol. The van der Waals surface area contributed by atoms with Crippen molar-refractivity contribution >= 4 is 22.4 Å². The molecule has 1 aromatic carbocycles. The van der Waals surface area contributed by atoms with Gasteiger partial charge in [0.05, 0.1) is 6.42 Å². The summed E-state index contributed by atoms with van der Waals surface area (Å²) in [7, 11) is 0. The molecule has 1 fully saturated rings. The van der Waals surface area contributed by atoms with Crippen LogP contribution in [0.15, 0.2) is 30.6 Å². The molecule has 0 aliphatic carbocycles. The van der Waals surface area contributed by atoms with Crippen molar-refractivity contribution in [2.24, 2.45) is 0 Å². The van der Waals surface area contributed by atoms with Gasteiger partial charge in [0.15, 0.2) is 0 Å². The Bertz CT molecular complexity index is 838. The smallest absolute Gasteiger partial charge is 0.307 e. The average Bonchev–Trinajstić information content (AvgIpc) is 3.08. The minimum atomic E-state index is -0.403. The van der Waals surface area contributed by atoms with Gasteiger partial charge in [0.2, 0.25) is 0 Å². The van der Waals surface area contributed by atoms with Crippen molar-refractivity contribution in [1.82, 2.24) is 9.88 Å². The van der Waals surface area contributed by atoms with E-state index >= 15 is 0 Å². The maximum Gasteiger partial charge on any atom is 0.307 e. The molecule has 2 aromatic rings. The third-order valence-electron chi connectivity index (χ3n) is 5.51. The van der Waals surface area contributed by atoms with Gasteiger partial charge >= 0.3 is 5.97 Å². The number of hydrogen-bond acceptors (Lipinski definition) is 5. The molecule has 0 saturated carbocycles. The molecule has 144 valence electrons. The molecule has 4 rings (SSSR count). The Morgan fingerprint density at radius 1 is 1.26 bits per heavy atom. The van der Waals surface area contributed by atoms with Gasteiger partial charge in [-0.15, -0.1) is 0 Å². The highest BCUT2D eigenvalue weighted by Crippen LogP contribution is 2.36. The zero-order valence-corrected chi connectivity index (χ0v) is 16.6. The van der Waals surface area contributed by atoms with Crippen LogP contribution in [0.1, 0.15) is 39.2 Å². The SMILES string of the molecule is CC(C)(C)OC(=O)CCN1CCC(N2CCc3cncc4cccc2c34)C1. The van der Waals surface area contributed by atoms with Gasteiger partial charge in [0.25, 0.3) is 0 Å². The molecule has 1 atom stereocenters. The summed E-state index contributed by atoms with van der Waals surface area (Å²) in [5, 5.41) is 2.60. The highest BCUT2D eigenvalue weighted by Gasteiger charge is 2.31. The van der Waals surface area contributed by atoms with Crippen molar-refractivity contribution < 1.29 is 9.53 Å². The predicted molar refractivity (Wildman–Crippen MR) is 108 cm³/mol. The van der Waals surface area contributed by atoms with E-state index in [1.165, 1.54) is 22.0 Å². The molecule has 2 aliphatic rings. The average molecular weight is 367 g/mol. The molecule has 0 spiro atoms. The largest absolute Gasteiger partial charge is 0.460 e. The second-order valence-corrected chi connectivity index (χ2v) is 8.70. The molecule has 1 unspecified atom stereocenters. The van der Waals surface area contributed by atoms with E-state index < -0.39 is 5.60 Å². The second kappa shape index (κ2) is 7.12. The Balaban J connectivity index is 1.41. The molecule has 0 bridgehead atoms. The fourth-order valence-electron chi connectivity index (χ4n) is 4.37. The van der Waals surface area contributed by atoms with Crippen LogP contribution in [-0.4, -0.2) is 53.7 Å². The summed E-state index contributed by atoms with van der Waals surface area (Å²) < 4.78 is 5.44. The Kier molecular flexibility index (Phi) is 4.81. The summed E-state index contributed by atoms with van der Waals surface area (Å²) in [6.45, 7) is 9.64. The first-order valence-electron chi connectivity index (χ1n) is 9.97. The molecular formula is C22H29N3O2. The van der Waals surface area contributed by atoms with Gasteiger partial charge in [0.1, 0.15) is 5.60 Å². The molecule has 0 N–H and O–H groups in total. The maximum absolute atomic E-state index is 12.0. The first-order chi connectivity index (χ1) is 12.9. The van der Waals surface area contributed by atoms with Crippen molar-refractivity contribution in [3.05, 3.63) is 36.2 Å². The highest BCUT2D eigenvalue weighted by atomic mass is 16.6. The van der Waals surface area contributed by atoms with Gasteiger partial charge in [-0.2, -0.15) is 0 Å². The third-order valence-corrected chi connectivity index (χ3v) is 5.51. The summed E-state index contributed by atoms with van der Waals surface area (Å²) in [4.78, 5) is 21.4. The Morgan fingerprint density at radius 2 is 2.11 bits per heavy atom.